The molecule has 0 fully saturated rings. The van der Waals surface area contributed by atoms with Crippen molar-refractivity contribution in [3.63, 3.8) is 0 Å². The summed E-state index contributed by atoms with van der Waals surface area (Å²) in [6.45, 7) is 1.75. The van der Waals surface area contributed by atoms with Crippen LogP contribution < -0.4 is 0 Å². The summed E-state index contributed by atoms with van der Waals surface area (Å²) in [5.41, 5.74) is -0.638. The zero-order valence-corrected chi connectivity index (χ0v) is 10.1. The monoisotopic (exact) mass is 262 g/mol. The molecule has 0 heterocycles. The fraction of sp³-hybridized carbons (Fsp3) is 0.250. The average molecular weight is 262 g/mol. The van der Waals surface area contributed by atoms with Crippen LogP contribution in [0.2, 0.25) is 0 Å². The summed E-state index contributed by atoms with van der Waals surface area (Å²) in [6, 6.07) is 3.97. The quantitative estimate of drug-likeness (QED) is 0.343. The molecule has 7 heteroatoms. The Morgan fingerprint density at radius 2 is 2.26 bits per heavy atom. The van der Waals surface area contributed by atoms with Crippen LogP contribution in [0, 0.1) is 21.4 Å². The number of benzene rings is 1. The number of carbonyl (C=O) groups excluding carboxylic acids is 2. The molecule has 98 valence electrons. The highest BCUT2D eigenvalue weighted by molar-refractivity contribution is 5.81. The Kier molecular flexibility index (Phi) is 4.71. The number of rotatable bonds is 5. The standard InChI is InChI=1S/C12H10N2O5/c1-2-19-11(16)5-9-3-8(7-15)4-10(6-13)12(9)14(17)18/h3-4,7H,2,5H2,1H3. The van der Waals surface area contributed by atoms with Crippen LogP contribution in [0.5, 0.6) is 0 Å². The molecule has 1 rings (SSSR count). The van der Waals surface area contributed by atoms with Gasteiger partial charge in [-0.15, -0.1) is 0 Å². The normalized spacial score (nSPS) is 9.47. The van der Waals surface area contributed by atoms with Crippen LogP contribution in [-0.2, 0) is 16.0 Å². The third kappa shape index (κ3) is 3.35. The first-order valence-corrected chi connectivity index (χ1v) is 5.35. The molecular formula is C12H10N2O5. The van der Waals surface area contributed by atoms with Gasteiger partial charge in [0.05, 0.1) is 18.0 Å². The molecule has 0 aliphatic heterocycles. The third-order valence-corrected chi connectivity index (χ3v) is 2.29. The molecular weight excluding hydrogens is 252 g/mol. The number of nitrogens with zero attached hydrogens (tertiary/aromatic N) is 2. The minimum absolute atomic E-state index is 0.00963. The predicted molar refractivity (Wildman–Crippen MR) is 63.5 cm³/mol. The summed E-state index contributed by atoms with van der Waals surface area (Å²) in [7, 11) is 0. The lowest BCUT2D eigenvalue weighted by atomic mass is 10.0. The van der Waals surface area contributed by atoms with E-state index in [9.17, 15) is 19.7 Å². The molecule has 0 aromatic heterocycles. The summed E-state index contributed by atoms with van der Waals surface area (Å²) >= 11 is 0. The number of nitro groups is 1. The second-order valence-electron chi connectivity index (χ2n) is 3.54. The van der Waals surface area contributed by atoms with Crippen LogP contribution >= 0.6 is 0 Å². The number of hydrogen-bond acceptors (Lipinski definition) is 6. The first-order valence-electron chi connectivity index (χ1n) is 5.35. The molecule has 0 aliphatic rings. The molecule has 0 spiro atoms. The zero-order valence-electron chi connectivity index (χ0n) is 10.1. The van der Waals surface area contributed by atoms with Crippen molar-refractivity contribution >= 4 is 17.9 Å². The molecule has 0 saturated carbocycles. The smallest absolute Gasteiger partial charge is 0.310 e. The van der Waals surface area contributed by atoms with E-state index in [1.54, 1.807) is 13.0 Å². The van der Waals surface area contributed by atoms with Gasteiger partial charge in [0.25, 0.3) is 5.69 Å². The van der Waals surface area contributed by atoms with E-state index in [0.717, 1.165) is 6.07 Å². The predicted octanol–water partition coefficient (Wildman–Crippen LogP) is 1.38. The molecule has 0 aliphatic carbocycles. The summed E-state index contributed by atoms with van der Waals surface area (Å²) < 4.78 is 4.69. The van der Waals surface area contributed by atoms with Crippen LogP contribution in [0.25, 0.3) is 0 Å². The fourth-order valence-electron chi connectivity index (χ4n) is 1.59. The maximum atomic E-state index is 11.4. The molecule has 1 aromatic rings. The topological polar surface area (TPSA) is 110 Å². The van der Waals surface area contributed by atoms with Crippen molar-refractivity contribution in [3.05, 3.63) is 38.9 Å². The Balaban J connectivity index is 3.34. The van der Waals surface area contributed by atoms with Crippen molar-refractivity contribution in [1.29, 1.82) is 5.26 Å². The van der Waals surface area contributed by atoms with E-state index in [4.69, 9.17) is 10.00 Å². The van der Waals surface area contributed by atoms with Crippen molar-refractivity contribution in [1.82, 2.24) is 0 Å². The van der Waals surface area contributed by atoms with Crippen LogP contribution in [0.1, 0.15) is 28.4 Å². The Labute approximate surface area is 108 Å². The minimum Gasteiger partial charge on any atom is -0.466 e. The highest BCUT2D eigenvalue weighted by Gasteiger charge is 2.23. The van der Waals surface area contributed by atoms with Gasteiger partial charge in [-0.3, -0.25) is 19.7 Å². The molecule has 19 heavy (non-hydrogen) atoms. The van der Waals surface area contributed by atoms with Gasteiger partial charge in [-0.05, 0) is 19.1 Å². The number of aldehydes is 1. The molecule has 0 saturated heterocycles. The van der Waals surface area contributed by atoms with Gasteiger partial charge in [0.15, 0.2) is 0 Å². The van der Waals surface area contributed by atoms with Gasteiger partial charge >= 0.3 is 5.97 Å². The van der Waals surface area contributed by atoms with E-state index in [-0.39, 0.29) is 29.7 Å². The summed E-state index contributed by atoms with van der Waals surface area (Å²) in [6.07, 6.45) is 0.0970. The number of esters is 1. The number of carbonyl (C=O) groups is 2. The van der Waals surface area contributed by atoms with Gasteiger partial charge in [0.2, 0.25) is 0 Å². The van der Waals surface area contributed by atoms with Gasteiger partial charge in [0.1, 0.15) is 17.9 Å². The Morgan fingerprint density at radius 3 is 2.74 bits per heavy atom. The van der Waals surface area contributed by atoms with Crippen molar-refractivity contribution < 1.29 is 19.2 Å². The first kappa shape index (κ1) is 14.3. The maximum Gasteiger partial charge on any atom is 0.310 e. The van der Waals surface area contributed by atoms with Crippen molar-refractivity contribution in [2.24, 2.45) is 0 Å². The number of ether oxygens (including phenoxy) is 1. The largest absolute Gasteiger partial charge is 0.466 e. The molecule has 0 radical (unpaired) electrons. The van der Waals surface area contributed by atoms with E-state index >= 15 is 0 Å². The van der Waals surface area contributed by atoms with Crippen LogP contribution in [0.15, 0.2) is 12.1 Å². The lowest BCUT2D eigenvalue weighted by Crippen LogP contribution is -2.10. The first-order chi connectivity index (χ1) is 9.03. The fourth-order valence-corrected chi connectivity index (χ4v) is 1.59. The lowest BCUT2D eigenvalue weighted by molar-refractivity contribution is -0.385. The van der Waals surface area contributed by atoms with Gasteiger partial charge in [-0.1, -0.05) is 0 Å². The Morgan fingerprint density at radius 1 is 1.58 bits per heavy atom. The summed E-state index contributed by atoms with van der Waals surface area (Å²) in [5, 5.41) is 19.8. The highest BCUT2D eigenvalue weighted by Crippen LogP contribution is 2.25. The molecule has 0 atom stereocenters. The zero-order chi connectivity index (χ0) is 14.4. The van der Waals surface area contributed by atoms with Crippen LogP contribution in [0.3, 0.4) is 0 Å². The second-order valence-corrected chi connectivity index (χ2v) is 3.54. The van der Waals surface area contributed by atoms with Crippen molar-refractivity contribution in [2.75, 3.05) is 6.61 Å². The molecule has 0 N–H and O–H groups in total. The van der Waals surface area contributed by atoms with E-state index in [1.807, 2.05) is 0 Å². The van der Waals surface area contributed by atoms with E-state index in [0.29, 0.717) is 6.29 Å². The summed E-state index contributed by atoms with van der Waals surface area (Å²) in [5.74, 6) is -0.655. The molecule has 0 amide bonds. The van der Waals surface area contributed by atoms with E-state index in [2.05, 4.69) is 0 Å². The van der Waals surface area contributed by atoms with Crippen molar-refractivity contribution in [2.45, 2.75) is 13.3 Å². The Bertz CT molecular complexity index is 574. The lowest BCUT2D eigenvalue weighted by Gasteiger charge is -2.05. The highest BCUT2D eigenvalue weighted by atomic mass is 16.6. The van der Waals surface area contributed by atoms with Crippen LogP contribution in [0.4, 0.5) is 5.69 Å². The van der Waals surface area contributed by atoms with Gasteiger partial charge < -0.3 is 4.74 Å². The average Bonchev–Trinajstić information content (AvgIpc) is 2.37. The molecule has 0 bridgehead atoms. The van der Waals surface area contributed by atoms with Gasteiger partial charge in [-0.25, -0.2) is 0 Å². The Hall–Kier alpha value is -2.75. The van der Waals surface area contributed by atoms with Crippen LogP contribution in [-0.4, -0.2) is 23.8 Å². The minimum atomic E-state index is -0.748. The molecule has 7 nitrogen and oxygen atoms in total. The molecule has 0 unspecified atom stereocenters. The SMILES string of the molecule is CCOC(=O)Cc1cc(C=O)cc(C#N)c1[N+](=O)[O-]. The third-order valence-electron chi connectivity index (χ3n) is 2.29. The van der Waals surface area contributed by atoms with Crippen molar-refractivity contribution in [3.8, 4) is 6.07 Å². The van der Waals surface area contributed by atoms with Gasteiger partial charge in [0, 0.05) is 11.1 Å². The van der Waals surface area contributed by atoms with E-state index in [1.165, 1.54) is 6.07 Å². The van der Waals surface area contributed by atoms with Gasteiger partial charge in [-0.2, -0.15) is 5.26 Å². The number of nitro benzene ring substituents is 1. The van der Waals surface area contributed by atoms with E-state index < -0.39 is 16.6 Å². The number of hydrogen-bond donors (Lipinski definition) is 0. The number of nitriles is 1. The maximum absolute atomic E-state index is 11.4. The molecule has 1 aromatic carbocycles. The second kappa shape index (κ2) is 6.26. The summed E-state index contributed by atoms with van der Waals surface area (Å²) in [4.78, 5) is 32.3.